The number of carbonyl (C=O) groups excluding carboxylic acids is 4. The highest BCUT2D eigenvalue weighted by molar-refractivity contribution is 7.22. The molecular formula is C43H39ClN4O7S. The minimum atomic E-state index is -1.42. The molecule has 56 heavy (non-hydrogen) atoms. The SMILES string of the molecule is COc1cc(O)c([C@H]2C3=CC[C@@H]4C(=O)N(Cc5ccccc5)C(=O)[C@@H]4[C@@H]3C[C@H]3C(=O)N(c4cc(-c5sc6ccc(Cl)cc6c5C)nn4C)C(=O)[C@@]23C)c(OC)c1. The van der Waals surface area contributed by atoms with Gasteiger partial charge in [0.15, 0.2) is 0 Å². The van der Waals surface area contributed by atoms with E-state index in [2.05, 4.69) is 0 Å². The number of thiophene rings is 1. The molecule has 0 radical (unpaired) electrons. The van der Waals surface area contributed by atoms with Gasteiger partial charge >= 0.3 is 0 Å². The summed E-state index contributed by atoms with van der Waals surface area (Å²) in [7, 11) is 4.65. The number of hydrogen-bond donors (Lipinski definition) is 1. The van der Waals surface area contributed by atoms with Gasteiger partial charge in [-0.1, -0.05) is 53.6 Å². The lowest BCUT2D eigenvalue weighted by atomic mass is 9.51. The molecule has 1 saturated carbocycles. The molecule has 4 heterocycles. The monoisotopic (exact) mass is 790 g/mol. The Hall–Kier alpha value is -5.46. The van der Waals surface area contributed by atoms with E-state index in [1.165, 1.54) is 30.1 Å². The summed E-state index contributed by atoms with van der Waals surface area (Å²) in [5, 5.41) is 18.2. The number of aromatic hydroxyl groups is 1. The van der Waals surface area contributed by atoms with Gasteiger partial charge in [0.05, 0.1) is 48.8 Å². The number of allylic oxidation sites excluding steroid dienone is 2. The zero-order valence-corrected chi connectivity index (χ0v) is 33.0. The molecule has 4 amide bonds. The van der Waals surface area contributed by atoms with Crippen molar-refractivity contribution in [2.45, 2.75) is 39.2 Å². The van der Waals surface area contributed by atoms with Crippen LogP contribution in [-0.2, 0) is 32.8 Å². The fraction of sp³-hybridized carbons (Fsp3) is 0.326. The minimum absolute atomic E-state index is 0.144. The topological polar surface area (TPSA) is 131 Å². The number of nitrogens with zero attached hydrogens (tertiary/aromatic N) is 4. The molecule has 2 aromatic heterocycles. The van der Waals surface area contributed by atoms with Gasteiger partial charge < -0.3 is 14.6 Å². The van der Waals surface area contributed by atoms with Gasteiger partial charge in [0.2, 0.25) is 23.6 Å². The number of aryl methyl sites for hydroxylation is 2. The van der Waals surface area contributed by atoms with Gasteiger partial charge in [-0.25, -0.2) is 4.90 Å². The average Bonchev–Trinajstić information content (AvgIpc) is 3.86. The van der Waals surface area contributed by atoms with Gasteiger partial charge in [0, 0.05) is 46.5 Å². The number of methoxy groups -OCH3 is 2. The van der Waals surface area contributed by atoms with Gasteiger partial charge in [-0.15, -0.1) is 11.3 Å². The number of fused-ring (bicyclic) bond motifs is 5. The molecule has 0 bridgehead atoms. The first kappa shape index (κ1) is 36.2. The first-order chi connectivity index (χ1) is 26.9. The van der Waals surface area contributed by atoms with Crippen LogP contribution in [0.5, 0.6) is 17.2 Å². The maximum absolute atomic E-state index is 15.3. The Morgan fingerprint density at radius 1 is 0.964 bits per heavy atom. The molecule has 13 heteroatoms. The number of likely N-dealkylation sites (tertiary alicyclic amines) is 1. The summed E-state index contributed by atoms with van der Waals surface area (Å²) in [4.78, 5) is 62.1. The standard InChI is InChI=1S/C43H39ClN4O7S/c1-21-27-15-23(44)11-14-33(27)56-38(21)30-19-34(46(3)45-30)48-40(51)29-18-28-25(12-13-26-35(28)41(52)47(39(26)50)20-22-9-7-6-8-10-22)37(43(29,2)42(48)53)36-31(49)16-24(54-4)17-32(36)55-5/h6-12,14-17,19,26,28-29,35,37,49H,13,18,20H2,1-5H3/t26-,28+,29-,35-,37+,43+/m0/s1. The minimum Gasteiger partial charge on any atom is -0.507 e. The first-order valence-corrected chi connectivity index (χ1v) is 19.7. The number of ether oxygens (including phenoxy) is 2. The van der Waals surface area contributed by atoms with Gasteiger partial charge in [-0.3, -0.25) is 28.8 Å². The van der Waals surface area contributed by atoms with Crippen molar-refractivity contribution in [3.63, 3.8) is 0 Å². The number of anilines is 1. The molecule has 2 aliphatic carbocycles. The number of halogens is 1. The molecule has 5 aromatic rings. The second kappa shape index (κ2) is 13.1. The number of imide groups is 2. The third kappa shape index (κ3) is 5.11. The van der Waals surface area contributed by atoms with Crippen LogP contribution in [0.25, 0.3) is 20.7 Å². The van der Waals surface area contributed by atoms with E-state index in [-0.39, 0.29) is 42.7 Å². The Bertz CT molecular complexity index is 2550. The van der Waals surface area contributed by atoms with Crippen LogP contribution in [0.3, 0.4) is 0 Å². The number of amides is 4. The van der Waals surface area contributed by atoms with Gasteiger partial charge in [-0.05, 0) is 67.3 Å². The Labute approximate surface area is 332 Å². The summed E-state index contributed by atoms with van der Waals surface area (Å²) >= 11 is 7.88. The lowest BCUT2D eigenvalue weighted by molar-refractivity contribution is -0.141. The van der Waals surface area contributed by atoms with E-state index in [4.69, 9.17) is 26.2 Å². The average molecular weight is 791 g/mol. The van der Waals surface area contributed by atoms with Crippen LogP contribution in [-0.4, -0.2) is 57.6 Å². The summed E-state index contributed by atoms with van der Waals surface area (Å²) in [6.07, 6.45) is 2.40. The van der Waals surface area contributed by atoms with E-state index in [0.717, 1.165) is 31.7 Å². The Morgan fingerprint density at radius 3 is 2.46 bits per heavy atom. The van der Waals surface area contributed by atoms with Gasteiger partial charge in [0.1, 0.15) is 28.8 Å². The Balaban J connectivity index is 1.17. The van der Waals surface area contributed by atoms with Crippen molar-refractivity contribution in [2.75, 3.05) is 19.1 Å². The van der Waals surface area contributed by atoms with E-state index in [9.17, 15) is 19.5 Å². The molecule has 3 fully saturated rings. The largest absolute Gasteiger partial charge is 0.507 e. The summed E-state index contributed by atoms with van der Waals surface area (Å²) in [5.74, 6) is -4.38. The molecule has 286 valence electrons. The van der Waals surface area contributed by atoms with Crippen LogP contribution in [0, 0.1) is 36.0 Å². The zero-order valence-electron chi connectivity index (χ0n) is 31.4. The second-order valence-electron chi connectivity index (χ2n) is 15.4. The van der Waals surface area contributed by atoms with Crippen LogP contribution in [0.1, 0.15) is 42.4 Å². The summed E-state index contributed by atoms with van der Waals surface area (Å²) in [6.45, 7) is 3.92. The number of phenols is 1. The Kier molecular flexibility index (Phi) is 8.44. The molecule has 4 aliphatic rings. The van der Waals surface area contributed by atoms with Crippen molar-refractivity contribution in [1.29, 1.82) is 0 Å². The van der Waals surface area contributed by atoms with Crippen LogP contribution in [0.2, 0.25) is 5.02 Å². The van der Waals surface area contributed by atoms with Gasteiger partial charge in [0.25, 0.3) is 0 Å². The molecule has 11 nitrogen and oxygen atoms in total. The van der Waals surface area contributed by atoms with Gasteiger partial charge in [-0.2, -0.15) is 5.10 Å². The van der Waals surface area contributed by atoms with Crippen molar-refractivity contribution >= 4 is 62.5 Å². The van der Waals surface area contributed by atoms with Crippen molar-refractivity contribution in [1.82, 2.24) is 14.7 Å². The third-order valence-corrected chi connectivity index (χ3v) is 14.1. The van der Waals surface area contributed by atoms with E-state index in [1.54, 1.807) is 42.1 Å². The van der Waals surface area contributed by atoms with Crippen molar-refractivity contribution < 1.29 is 33.8 Å². The van der Waals surface area contributed by atoms with Crippen molar-refractivity contribution in [2.24, 2.45) is 36.1 Å². The third-order valence-electron chi connectivity index (χ3n) is 12.6. The van der Waals surface area contributed by atoms with E-state index >= 15 is 4.79 Å². The number of benzene rings is 3. The smallest absolute Gasteiger partial charge is 0.242 e. The highest BCUT2D eigenvalue weighted by Crippen LogP contribution is 2.65. The molecule has 1 N–H and O–H groups in total. The predicted molar refractivity (Wildman–Crippen MR) is 212 cm³/mol. The number of carbonyl (C=O) groups is 4. The molecule has 2 aliphatic heterocycles. The van der Waals surface area contributed by atoms with Crippen LogP contribution in [0.15, 0.2) is 78.4 Å². The first-order valence-electron chi connectivity index (χ1n) is 18.5. The highest BCUT2D eigenvalue weighted by atomic mass is 35.5. The number of phenolic OH excluding ortho intramolecular Hbond substituents is 1. The molecule has 6 atom stereocenters. The molecule has 3 aromatic carbocycles. The van der Waals surface area contributed by atoms with E-state index in [0.29, 0.717) is 27.8 Å². The van der Waals surface area contributed by atoms with Crippen molar-refractivity contribution in [3.05, 3.63) is 100 Å². The number of hydrogen-bond acceptors (Lipinski definition) is 9. The summed E-state index contributed by atoms with van der Waals surface area (Å²) in [6, 6.07) is 20.0. The summed E-state index contributed by atoms with van der Waals surface area (Å²) in [5.41, 5.74) is 2.07. The van der Waals surface area contributed by atoms with E-state index in [1.807, 2.05) is 61.5 Å². The molecule has 2 saturated heterocycles. The van der Waals surface area contributed by atoms with Crippen LogP contribution in [0.4, 0.5) is 5.82 Å². The number of aromatic nitrogens is 2. The molecule has 0 unspecified atom stereocenters. The molecule has 0 spiro atoms. The molecular weight excluding hydrogens is 752 g/mol. The quantitative estimate of drug-likeness (QED) is 0.133. The second-order valence-corrected chi connectivity index (χ2v) is 16.9. The maximum atomic E-state index is 15.3. The van der Waals surface area contributed by atoms with Crippen LogP contribution >= 0.6 is 22.9 Å². The molecule has 9 rings (SSSR count). The fourth-order valence-corrected chi connectivity index (χ4v) is 11.2. The lowest BCUT2D eigenvalue weighted by Crippen LogP contribution is -2.49. The predicted octanol–water partition coefficient (Wildman–Crippen LogP) is 7.42. The normalized spacial score (nSPS) is 25.8. The van der Waals surface area contributed by atoms with Crippen LogP contribution < -0.4 is 14.4 Å². The zero-order chi connectivity index (χ0) is 39.4. The van der Waals surface area contributed by atoms with Crippen molar-refractivity contribution in [3.8, 4) is 27.8 Å². The summed E-state index contributed by atoms with van der Waals surface area (Å²) < 4.78 is 13.9. The number of rotatable bonds is 7. The van der Waals surface area contributed by atoms with E-state index < -0.39 is 46.8 Å². The maximum Gasteiger partial charge on any atom is 0.242 e. The highest BCUT2D eigenvalue weighted by Gasteiger charge is 2.68. The lowest BCUT2D eigenvalue weighted by Gasteiger charge is -2.49. The Morgan fingerprint density at radius 2 is 1.73 bits per heavy atom. The fourth-order valence-electron chi connectivity index (χ4n) is 9.91.